The molecule has 1 saturated heterocycles. The van der Waals surface area contributed by atoms with Crippen molar-refractivity contribution in [3.8, 4) is 0 Å². The van der Waals surface area contributed by atoms with Crippen LogP contribution >= 0.6 is 0 Å². The van der Waals surface area contributed by atoms with Crippen LogP contribution in [0.5, 0.6) is 0 Å². The molecule has 148 valence electrons. The van der Waals surface area contributed by atoms with E-state index in [1.54, 1.807) is 6.07 Å². The van der Waals surface area contributed by atoms with Crippen LogP contribution in [0.1, 0.15) is 49.0 Å². The first-order valence-corrected chi connectivity index (χ1v) is 10.0. The van der Waals surface area contributed by atoms with Gasteiger partial charge in [-0.1, -0.05) is 44.2 Å². The lowest BCUT2D eigenvalue weighted by molar-refractivity contribution is -0.116. The molecule has 0 saturated carbocycles. The Kier molecular flexibility index (Phi) is 6.69. The topological polar surface area (TPSA) is 61.4 Å². The van der Waals surface area contributed by atoms with Crippen LogP contribution in [0.15, 0.2) is 48.5 Å². The number of benzene rings is 2. The summed E-state index contributed by atoms with van der Waals surface area (Å²) in [5.41, 5.74) is 3.27. The van der Waals surface area contributed by atoms with Crippen LogP contribution in [0.4, 0.5) is 11.4 Å². The first-order valence-electron chi connectivity index (χ1n) is 10.0. The molecule has 2 amide bonds. The van der Waals surface area contributed by atoms with Crippen molar-refractivity contribution in [1.82, 2.24) is 5.32 Å². The minimum atomic E-state index is -0.120. The summed E-state index contributed by atoms with van der Waals surface area (Å²) in [6.07, 6.45) is 2.74. The zero-order valence-corrected chi connectivity index (χ0v) is 16.7. The van der Waals surface area contributed by atoms with E-state index in [1.807, 2.05) is 56.3 Å². The molecule has 1 aliphatic heterocycles. The van der Waals surface area contributed by atoms with Crippen LogP contribution in [-0.4, -0.2) is 24.9 Å². The van der Waals surface area contributed by atoms with Crippen molar-refractivity contribution >= 4 is 23.2 Å². The number of hydrogen-bond donors (Lipinski definition) is 2. The molecule has 3 rings (SSSR count). The van der Waals surface area contributed by atoms with E-state index >= 15 is 0 Å². The molecule has 0 radical (unpaired) electrons. The van der Waals surface area contributed by atoms with E-state index in [1.165, 1.54) is 0 Å². The van der Waals surface area contributed by atoms with E-state index in [9.17, 15) is 9.59 Å². The van der Waals surface area contributed by atoms with Crippen molar-refractivity contribution in [2.75, 3.05) is 23.3 Å². The number of rotatable bonds is 7. The molecule has 2 N–H and O–H groups in total. The quantitative estimate of drug-likeness (QED) is 0.758. The third-order valence-corrected chi connectivity index (χ3v) is 4.86. The minimum Gasteiger partial charge on any atom is -0.371 e. The number of carbonyl (C=O) groups excluding carboxylic acids is 2. The Morgan fingerprint density at radius 2 is 1.75 bits per heavy atom. The van der Waals surface area contributed by atoms with Gasteiger partial charge in [0.15, 0.2) is 0 Å². The second-order valence-electron chi connectivity index (χ2n) is 7.74. The van der Waals surface area contributed by atoms with Gasteiger partial charge >= 0.3 is 0 Å². The maximum atomic E-state index is 13.0. The Morgan fingerprint density at radius 3 is 2.43 bits per heavy atom. The predicted octanol–water partition coefficient (Wildman–Crippen LogP) is 4.20. The van der Waals surface area contributed by atoms with E-state index in [0.29, 0.717) is 24.2 Å². The Labute approximate surface area is 167 Å². The number of anilines is 2. The molecule has 5 nitrogen and oxygen atoms in total. The van der Waals surface area contributed by atoms with Gasteiger partial charge in [-0.2, -0.15) is 0 Å². The van der Waals surface area contributed by atoms with E-state index in [0.717, 1.165) is 37.2 Å². The van der Waals surface area contributed by atoms with Gasteiger partial charge in [0.05, 0.1) is 5.56 Å². The number of carbonyl (C=O) groups is 2. The van der Waals surface area contributed by atoms with Crippen LogP contribution in [-0.2, 0) is 11.3 Å². The molecular weight excluding hydrogens is 350 g/mol. The highest BCUT2D eigenvalue weighted by Crippen LogP contribution is 2.28. The molecule has 0 bridgehead atoms. The third-order valence-electron chi connectivity index (χ3n) is 4.86. The highest BCUT2D eigenvalue weighted by molar-refractivity contribution is 6.02. The molecule has 1 fully saturated rings. The van der Waals surface area contributed by atoms with Gasteiger partial charge in [0.1, 0.15) is 0 Å². The maximum absolute atomic E-state index is 13.0. The molecule has 5 heteroatoms. The van der Waals surface area contributed by atoms with Gasteiger partial charge in [-0.3, -0.25) is 9.59 Å². The Hall–Kier alpha value is -2.82. The molecule has 0 atom stereocenters. The normalized spacial score (nSPS) is 13.6. The Morgan fingerprint density at radius 1 is 1.04 bits per heavy atom. The van der Waals surface area contributed by atoms with Gasteiger partial charge in [-0.05, 0) is 42.5 Å². The monoisotopic (exact) mass is 379 g/mol. The highest BCUT2D eigenvalue weighted by Gasteiger charge is 2.20. The number of amides is 2. The van der Waals surface area contributed by atoms with E-state index in [2.05, 4.69) is 15.5 Å². The van der Waals surface area contributed by atoms with E-state index < -0.39 is 0 Å². The first-order chi connectivity index (χ1) is 13.5. The third kappa shape index (κ3) is 5.35. The summed E-state index contributed by atoms with van der Waals surface area (Å²) in [5.74, 6) is 0.141. The van der Waals surface area contributed by atoms with Crippen LogP contribution < -0.4 is 15.5 Å². The molecule has 0 aliphatic carbocycles. The molecule has 0 spiro atoms. The van der Waals surface area contributed by atoms with Gasteiger partial charge in [-0.25, -0.2) is 0 Å². The fraction of sp³-hybridized carbons (Fsp3) is 0.391. The van der Waals surface area contributed by atoms with Crippen molar-refractivity contribution < 1.29 is 9.59 Å². The highest BCUT2D eigenvalue weighted by atomic mass is 16.2. The second-order valence-corrected chi connectivity index (χ2v) is 7.74. The van der Waals surface area contributed by atoms with Crippen LogP contribution in [0.3, 0.4) is 0 Å². The average Bonchev–Trinajstić information content (AvgIpc) is 3.21. The largest absolute Gasteiger partial charge is 0.371 e. The number of hydrogen-bond acceptors (Lipinski definition) is 3. The van der Waals surface area contributed by atoms with Crippen molar-refractivity contribution in [3.63, 3.8) is 0 Å². The minimum absolute atomic E-state index is 0.0282. The smallest absolute Gasteiger partial charge is 0.253 e. The SMILES string of the molecule is CC(C)CC(=O)Nc1ccc(N2CCCC2)c(C(=O)NCc2ccccc2)c1. The van der Waals surface area contributed by atoms with Gasteiger partial charge in [0.2, 0.25) is 5.91 Å². The first kappa shape index (κ1) is 19.9. The zero-order valence-electron chi connectivity index (χ0n) is 16.7. The lowest BCUT2D eigenvalue weighted by Gasteiger charge is -2.22. The van der Waals surface area contributed by atoms with Gasteiger partial charge in [-0.15, -0.1) is 0 Å². The molecule has 1 aliphatic rings. The number of nitrogens with zero attached hydrogens (tertiary/aromatic N) is 1. The van der Waals surface area contributed by atoms with E-state index in [4.69, 9.17) is 0 Å². The lowest BCUT2D eigenvalue weighted by atomic mass is 10.1. The molecule has 28 heavy (non-hydrogen) atoms. The summed E-state index contributed by atoms with van der Waals surface area (Å²) in [4.78, 5) is 27.3. The fourth-order valence-electron chi connectivity index (χ4n) is 3.49. The summed E-state index contributed by atoms with van der Waals surface area (Å²) in [7, 11) is 0. The average molecular weight is 380 g/mol. The summed E-state index contributed by atoms with van der Waals surface area (Å²) in [5, 5.41) is 5.94. The predicted molar refractivity (Wildman–Crippen MR) is 114 cm³/mol. The van der Waals surface area contributed by atoms with Crippen LogP contribution in [0, 0.1) is 5.92 Å². The van der Waals surface area contributed by atoms with Gasteiger partial charge in [0.25, 0.3) is 5.91 Å². The Balaban J connectivity index is 1.79. The lowest BCUT2D eigenvalue weighted by Crippen LogP contribution is -2.27. The fourth-order valence-corrected chi connectivity index (χ4v) is 3.49. The summed E-state index contributed by atoms with van der Waals surface area (Å²) in [6.45, 7) is 6.41. The molecule has 0 unspecified atom stereocenters. The number of nitrogens with one attached hydrogen (secondary N) is 2. The molecule has 1 heterocycles. The van der Waals surface area contributed by atoms with Crippen molar-refractivity contribution in [1.29, 1.82) is 0 Å². The van der Waals surface area contributed by atoms with Crippen molar-refractivity contribution in [3.05, 3.63) is 59.7 Å². The van der Waals surface area contributed by atoms with Gasteiger partial charge in [0, 0.05) is 37.4 Å². The van der Waals surface area contributed by atoms with Crippen LogP contribution in [0.2, 0.25) is 0 Å². The maximum Gasteiger partial charge on any atom is 0.253 e. The summed E-state index contributed by atoms with van der Waals surface area (Å²) in [6, 6.07) is 15.5. The van der Waals surface area contributed by atoms with E-state index in [-0.39, 0.29) is 17.7 Å². The Bertz CT molecular complexity index is 812. The zero-order chi connectivity index (χ0) is 19.9. The van der Waals surface area contributed by atoms with Crippen molar-refractivity contribution in [2.24, 2.45) is 5.92 Å². The van der Waals surface area contributed by atoms with Crippen molar-refractivity contribution in [2.45, 2.75) is 39.7 Å². The van der Waals surface area contributed by atoms with Gasteiger partial charge < -0.3 is 15.5 Å². The standard InChI is InChI=1S/C23H29N3O2/c1-17(2)14-22(27)25-19-10-11-21(26-12-6-7-13-26)20(15-19)23(28)24-16-18-8-4-3-5-9-18/h3-5,8-11,15,17H,6-7,12-14,16H2,1-2H3,(H,24,28)(H,25,27). The molecule has 0 aromatic heterocycles. The summed E-state index contributed by atoms with van der Waals surface area (Å²) < 4.78 is 0. The second kappa shape index (κ2) is 9.40. The molecular formula is C23H29N3O2. The van der Waals surface area contributed by atoms with Crippen LogP contribution in [0.25, 0.3) is 0 Å². The molecule has 2 aromatic rings. The summed E-state index contributed by atoms with van der Waals surface area (Å²) >= 11 is 0. The molecule has 2 aromatic carbocycles.